The van der Waals surface area contributed by atoms with Gasteiger partial charge in [0.25, 0.3) is 0 Å². The molecule has 0 radical (unpaired) electrons. The molecule has 0 saturated heterocycles. The standard InChI is InChI=1S/C12H21N3/c1-11(6-8-15(2)3)14-10-12-5-4-7-13-9-12/h4-5,7,9,11,14H,6,8,10H2,1-3H3. The highest BCUT2D eigenvalue weighted by atomic mass is 15.1. The van der Waals surface area contributed by atoms with Gasteiger partial charge < -0.3 is 10.2 Å². The predicted molar refractivity (Wildman–Crippen MR) is 63.7 cm³/mol. The van der Waals surface area contributed by atoms with Gasteiger partial charge in [0.05, 0.1) is 0 Å². The second-order valence-corrected chi connectivity index (χ2v) is 4.24. The van der Waals surface area contributed by atoms with E-state index in [2.05, 4.69) is 42.3 Å². The summed E-state index contributed by atoms with van der Waals surface area (Å²) in [5, 5.41) is 3.49. The Labute approximate surface area is 92.5 Å². The fourth-order valence-electron chi connectivity index (χ4n) is 1.35. The highest BCUT2D eigenvalue weighted by Gasteiger charge is 2.01. The van der Waals surface area contributed by atoms with Crippen LogP contribution in [-0.2, 0) is 6.54 Å². The number of hydrogen-bond acceptors (Lipinski definition) is 3. The van der Waals surface area contributed by atoms with Crippen molar-refractivity contribution >= 4 is 0 Å². The average molecular weight is 207 g/mol. The van der Waals surface area contributed by atoms with E-state index < -0.39 is 0 Å². The summed E-state index contributed by atoms with van der Waals surface area (Å²) in [4.78, 5) is 6.30. The van der Waals surface area contributed by atoms with Crippen molar-refractivity contribution < 1.29 is 0 Å². The van der Waals surface area contributed by atoms with Gasteiger partial charge in [0, 0.05) is 25.0 Å². The van der Waals surface area contributed by atoms with Gasteiger partial charge in [-0.25, -0.2) is 0 Å². The Morgan fingerprint density at radius 2 is 2.27 bits per heavy atom. The van der Waals surface area contributed by atoms with Gasteiger partial charge in [0.2, 0.25) is 0 Å². The van der Waals surface area contributed by atoms with Crippen LogP contribution in [0.4, 0.5) is 0 Å². The van der Waals surface area contributed by atoms with Gasteiger partial charge in [-0.1, -0.05) is 6.07 Å². The minimum atomic E-state index is 0.549. The Balaban J connectivity index is 2.19. The van der Waals surface area contributed by atoms with Crippen molar-refractivity contribution in [3.63, 3.8) is 0 Å². The Bertz CT molecular complexity index is 259. The molecule has 0 aromatic carbocycles. The first-order valence-corrected chi connectivity index (χ1v) is 5.45. The van der Waals surface area contributed by atoms with Gasteiger partial charge in [-0.05, 0) is 45.6 Å². The van der Waals surface area contributed by atoms with Crippen molar-refractivity contribution in [1.29, 1.82) is 0 Å². The molecule has 0 spiro atoms. The molecule has 1 N–H and O–H groups in total. The second-order valence-electron chi connectivity index (χ2n) is 4.24. The molecule has 1 atom stereocenters. The largest absolute Gasteiger partial charge is 0.310 e. The summed E-state index contributed by atoms with van der Waals surface area (Å²) in [6.45, 7) is 4.25. The summed E-state index contributed by atoms with van der Waals surface area (Å²) >= 11 is 0. The maximum Gasteiger partial charge on any atom is 0.0312 e. The van der Waals surface area contributed by atoms with Crippen LogP contribution in [0.15, 0.2) is 24.5 Å². The molecule has 0 saturated carbocycles. The fourth-order valence-corrected chi connectivity index (χ4v) is 1.35. The van der Waals surface area contributed by atoms with Crippen LogP contribution in [0, 0.1) is 0 Å². The zero-order valence-electron chi connectivity index (χ0n) is 9.90. The molecule has 0 amide bonds. The molecular weight excluding hydrogens is 186 g/mol. The molecule has 0 fully saturated rings. The van der Waals surface area contributed by atoms with Gasteiger partial charge in [0.15, 0.2) is 0 Å². The lowest BCUT2D eigenvalue weighted by Crippen LogP contribution is -2.29. The van der Waals surface area contributed by atoms with Crippen LogP contribution < -0.4 is 5.32 Å². The summed E-state index contributed by atoms with van der Waals surface area (Å²) in [5.74, 6) is 0. The van der Waals surface area contributed by atoms with E-state index in [1.54, 1.807) is 6.20 Å². The third kappa shape index (κ3) is 5.50. The number of hydrogen-bond donors (Lipinski definition) is 1. The molecule has 15 heavy (non-hydrogen) atoms. The molecule has 3 heteroatoms. The maximum atomic E-state index is 4.09. The topological polar surface area (TPSA) is 28.2 Å². The third-order valence-corrected chi connectivity index (χ3v) is 2.39. The van der Waals surface area contributed by atoms with Gasteiger partial charge in [0.1, 0.15) is 0 Å². The molecule has 0 bridgehead atoms. The van der Waals surface area contributed by atoms with E-state index in [1.165, 1.54) is 12.0 Å². The van der Waals surface area contributed by atoms with E-state index >= 15 is 0 Å². The molecular formula is C12H21N3. The highest BCUT2D eigenvalue weighted by molar-refractivity contribution is 5.07. The minimum Gasteiger partial charge on any atom is -0.310 e. The zero-order valence-corrected chi connectivity index (χ0v) is 9.90. The molecule has 84 valence electrons. The average Bonchev–Trinajstić information content (AvgIpc) is 2.25. The Hall–Kier alpha value is -0.930. The van der Waals surface area contributed by atoms with Crippen molar-refractivity contribution in [2.45, 2.75) is 25.9 Å². The predicted octanol–water partition coefficient (Wildman–Crippen LogP) is 1.51. The number of nitrogens with one attached hydrogen (secondary N) is 1. The van der Waals surface area contributed by atoms with Crippen molar-refractivity contribution in [2.75, 3.05) is 20.6 Å². The van der Waals surface area contributed by atoms with Crippen LogP contribution in [0.25, 0.3) is 0 Å². The molecule has 3 nitrogen and oxygen atoms in total. The fraction of sp³-hybridized carbons (Fsp3) is 0.583. The molecule has 1 unspecified atom stereocenters. The first kappa shape index (κ1) is 12.1. The summed E-state index contributed by atoms with van der Waals surface area (Å²) < 4.78 is 0. The first-order valence-electron chi connectivity index (χ1n) is 5.45. The van der Waals surface area contributed by atoms with E-state index in [0.717, 1.165) is 13.1 Å². The van der Waals surface area contributed by atoms with Crippen molar-refractivity contribution in [2.24, 2.45) is 0 Å². The first-order chi connectivity index (χ1) is 7.18. The smallest absolute Gasteiger partial charge is 0.0312 e. The number of pyridine rings is 1. The Morgan fingerprint density at radius 1 is 1.47 bits per heavy atom. The van der Waals surface area contributed by atoms with E-state index in [9.17, 15) is 0 Å². The molecule has 1 aromatic heterocycles. The lowest BCUT2D eigenvalue weighted by atomic mass is 10.2. The van der Waals surface area contributed by atoms with Gasteiger partial charge in [-0.3, -0.25) is 4.98 Å². The van der Waals surface area contributed by atoms with Crippen LogP contribution in [0.3, 0.4) is 0 Å². The Morgan fingerprint density at radius 3 is 2.87 bits per heavy atom. The Kier molecular flexibility index (Phi) is 5.29. The van der Waals surface area contributed by atoms with E-state index in [0.29, 0.717) is 6.04 Å². The van der Waals surface area contributed by atoms with Gasteiger partial charge >= 0.3 is 0 Å². The minimum absolute atomic E-state index is 0.549. The van der Waals surface area contributed by atoms with Crippen molar-refractivity contribution in [1.82, 2.24) is 15.2 Å². The van der Waals surface area contributed by atoms with E-state index in [-0.39, 0.29) is 0 Å². The van der Waals surface area contributed by atoms with Gasteiger partial charge in [-0.15, -0.1) is 0 Å². The summed E-state index contributed by atoms with van der Waals surface area (Å²) in [6, 6.07) is 4.62. The summed E-state index contributed by atoms with van der Waals surface area (Å²) in [7, 11) is 4.21. The highest BCUT2D eigenvalue weighted by Crippen LogP contribution is 1.98. The van der Waals surface area contributed by atoms with Crippen molar-refractivity contribution in [3.05, 3.63) is 30.1 Å². The van der Waals surface area contributed by atoms with Gasteiger partial charge in [-0.2, -0.15) is 0 Å². The maximum absolute atomic E-state index is 4.09. The lowest BCUT2D eigenvalue weighted by molar-refractivity contribution is 0.365. The monoisotopic (exact) mass is 207 g/mol. The van der Waals surface area contributed by atoms with Crippen LogP contribution >= 0.6 is 0 Å². The van der Waals surface area contributed by atoms with Crippen LogP contribution in [0.5, 0.6) is 0 Å². The number of aromatic nitrogens is 1. The quantitative estimate of drug-likeness (QED) is 0.766. The van der Waals surface area contributed by atoms with E-state index in [1.807, 2.05) is 12.3 Å². The molecule has 1 aromatic rings. The number of rotatable bonds is 6. The summed E-state index contributed by atoms with van der Waals surface area (Å²) in [6.07, 6.45) is 4.89. The second kappa shape index (κ2) is 6.53. The number of nitrogens with zero attached hydrogens (tertiary/aromatic N) is 2. The van der Waals surface area contributed by atoms with Crippen LogP contribution in [-0.4, -0.2) is 36.6 Å². The molecule has 0 aliphatic heterocycles. The van der Waals surface area contributed by atoms with Crippen LogP contribution in [0.1, 0.15) is 18.9 Å². The zero-order chi connectivity index (χ0) is 11.1. The third-order valence-electron chi connectivity index (χ3n) is 2.39. The van der Waals surface area contributed by atoms with Crippen molar-refractivity contribution in [3.8, 4) is 0 Å². The molecule has 1 heterocycles. The molecule has 1 rings (SSSR count). The lowest BCUT2D eigenvalue weighted by Gasteiger charge is -2.16. The molecule has 0 aliphatic carbocycles. The summed E-state index contributed by atoms with van der Waals surface area (Å²) in [5.41, 5.74) is 1.24. The SMILES string of the molecule is CC(CCN(C)C)NCc1cccnc1. The normalized spacial score (nSPS) is 13.1. The van der Waals surface area contributed by atoms with E-state index in [4.69, 9.17) is 0 Å². The van der Waals surface area contributed by atoms with Crippen LogP contribution in [0.2, 0.25) is 0 Å². The molecule has 0 aliphatic rings.